The van der Waals surface area contributed by atoms with Gasteiger partial charge in [0.25, 0.3) is 0 Å². The molecule has 7 heteroatoms. The number of aliphatic carboxylic acids is 2. The summed E-state index contributed by atoms with van der Waals surface area (Å²) in [4.78, 5) is 25.6. The number of carboxylic acids is 2. The molecule has 0 aliphatic heterocycles. The van der Waals surface area contributed by atoms with E-state index in [1.165, 1.54) is 4.57 Å². The normalized spacial score (nSPS) is 10.7. The van der Waals surface area contributed by atoms with E-state index in [1.807, 2.05) is 0 Å². The molecule has 1 aromatic carbocycles. The lowest BCUT2D eigenvalue weighted by molar-refractivity contribution is -0.137. The van der Waals surface area contributed by atoms with Crippen molar-refractivity contribution in [3.8, 4) is 0 Å². The Morgan fingerprint density at radius 3 is 2.61 bits per heavy atom. The quantitative estimate of drug-likeness (QED) is 0.792. The first-order chi connectivity index (χ1) is 8.58. The molecule has 0 amide bonds. The van der Waals surface area contributed by atoms with Crippen molar-refractivity contribution in [3.63, 3.8) is 0 Å². The second-order valence-electron chi connectivity index (χ2n) is 3.55. The lowest BCUT2D eigenvalue weighted by atomic mass is 10.3. The number of benzene rings is 1. The van der Waals surface area contributed by atoms with Crippen LogP contribution in [0.2, 0.25) is 0 Å². The fraction of sp³-hybridized carbons (Fsp3) is 0.182. The molecule has 2 N–H and O–H groups in total. The number of hydrogen-bond donors (Lipinski definition) is 2. The maximum atomic E-state index is 10.8. The Morgan fingerprint density at radius 2 is 1.94 bits per heavy atom. The van der Waals surface area contributed by atoms with E-state index in [9.17, 15) is 9.59 Å². The minimum absolute atomic E-state index is 0.150. The Kier molecular flexibility index (Phi) is 3.52. The summed E-state index contributed by atoms with van der Waals surface area (Å²) in [6, 6.07) is 7.11. The van der Waals surface area contributed by atoms with Crippen molar-refractivity contribution >= 4 is 34.7 Å². The van der Waals surface area contributed by atoms with Gasteiger partial charge in [-0.3, -0.25) is 9.59 Å². The molecule has 0 bridgehead atoms. The highest BCUT2D eigenvalue weighted by Crippen LogP contribution is 2.23. The molecule has 0 aliphatic rings. The molecule has 0 aliphatic carbocycles. The molecule has 2 aromatic rings. The summed E-state index contributed by atoms with van der Waals surface area (Å²) < 4.78 is 1.51. The third-order valence-corrected chi connectivity index (χ3v) is 3.20. The Morgan fingerprint density at radius 1 is 1.22 bits per heavy atom. The maximum Gasteiger partial charge on any atom is 0.323 e. The van der Waals surface area contributed by atoms with Crippen LogP contribution in [-0.4, -0.2) is 37.5 Å². The zero-order valence-electron chi connectivity index (χ0n) is 9.24. The summed E-state index contributed by atoms with van der Waals surface area (Å²) in [6.45, 7) is -0.234. The average molecular weight is 266 g/mol. The molecule has 94 valence electrons. The summed E-state index contributed by atoms with van der Waals surface area (Å²) in [5, 5.41) is 17.9. The van der Waals surface area contributed by atoms with Crippen LogP contribution in [0.5, 0.6) is 0 Å². The molecule has 0 fully saturated rings. The largest absolute Gasteiger partial charge is 0.481 e. The van der Waals surface area contributed by atoms with Crippen molar-refractivity contribution < 1.29 is 19.8 Å². The number of para-hydroxylation sites is 2. The van der Waals surface area contributed by atoms with E-state index < -0.39 is 11.9 Å². The van der Waals surface area contributed by atoms with Crippen LogP contribution >= 0.6 is 11.8 Å². The summed E-state index contributed by atoms with van der Waals surface area (Å²) in [5.74, 6) is -2.10. The minimum atomic E-state index is -0.990. The number of nitrogens with zero attached hydrogens (tertiary/aromatic N) is 2. The molecular formula is C11H10N2O4S. The van der Waals surface area contributed by atoms with Gasteiger partial charge in [0.2, 0.25) is 0 Å². The number of aromatic nitrogens is 2. The van der Waals surface area contributed by atoms with Crippen molar-refractivity contribution in [2.75, 3.05) is 5.75 Å². The van der Waals surface area contributed by atoms with E-state index in [-0.39, 0.29) is 12.3 Å². The molecule has 0 saturated carbocycles. The predicted octanol–water partition coefficient (Wildman–Crippen LogP) is 1.30. The molecule has 0 saturated heterocycles. The van der Waals surface area contributed by atoms with Gasteiger partial charge in [0.15, 0.2) is 5.16 Å². The van der Waals surface area contributed by atoms with Crippen molar-refractivity contribution in [2.45, 2.75) is 11.7 Å². The van der Waals surface area contributed by atoms with Crippen LogP contribution in [0.4, 0.5) is 0 Å². The zero-order chi connectivity index (χ0) is 13.1. The highest BCUT2D eigenvalue weighted by Gasteiger charge is 2.14. The van der Waals surface area contributed by atoms with Gasteiger partial charge < -0.3 is 14.8 Å². The van der Waals surface area contributed by atoms with Crippen LogP contribution in [0.25, 0.3) is 11.0 Å². The van der Waals surface area contributed by atoms with Crippen molar-refractivity contribution in [1.29, 1.82) is 0 Å². The fourth-order valence-electron chi connectivity index (χ4n) is 1.58. The molecule has 1 heterocycles. The standard InChI is InChI=1S/C11H10N2O4S/c14-9(15)5-13-8-4-2-1-3-7(8)12-11(13)18-6-10(16)17/h1-4H,5-6H2,(H,14,15)(H,16,17). The number of carbonyl (C=O) groups is 2. The summed E-state index contributed by atoms with van der Waals surface area (Å²) in [5.41, 5.74) is 1.35. The van der Waals surface area contributed by atoms with E-state index in [0.717, 1.165) is 11.8 Å². The van der Waals surface area contributed by atoms with Gasteiger partial charge in [-0.1, -0.05) is 23.9 Å². The Bertz CT molecular complexity index is 608. The van der Waals surface area contributed by atoms with Crippen LogP contribution in [0.15, 0.2) is 29.4 Å². The number of fused-ring (bicyclic) bond motifs is 1. The summed E-state index contributed by atoms with van der Waals surface area (Å²) in [6.07, 6.45) is 0. The lowest BCUT2D eigenvalue weighted by Crippen LogP contribution is -2.10. The van der Waals surface area contributed by atoms with Crippen molar-refractivity contribution in [3.05, 3.63) is 24.3 Å². The second-order valence-corrected chi connectivity index (χ2v) is 4.49. The van der Waals surface area contributed by atoms with Gasteiger partial charge in [-0.15, -0.1) is 0 Å². The molecule has 2 rings (SSSR count). The number of imidazole rings is 1. The first-order valence-electron chi connectivity index (χ1n) is 5.09. The smallest absolute Gasteiger partial charge is 0.323 e. The number of carboxylic acid groups (broad SMARTS) is 2. The zero-order valence-corrected chi connectivity index (χ0v) is 10.1. The monoisotopic (exact) mass is 266 g/mol. The van der Waals surface area contributed by atoms with Gasteiger partial charge >= 0.3 is 11.9 Å². The first-order valence-corrected chi connectivity index (χ1v) is 6.08. The Labute approximate surface area is 106 Å². The molecule has 6 nitrogen and oxygen atoms in total. The third kappa shape index (κ3) is 2.62. The van der Waals surface area contributed by atoms with Crippen molar-refractivity contribution in [2.24, 2.45) is 0 Å². The van der Waals surface area contributed by atoms with Crippen molar-refractivity contribution in [1.82, 2.24) is 9.55 Å². The number of rotatable bonds is 5. The number of thioether (sulfide) groups is 1. The Balaban J connectivity index is 2.42. The highest BCUT2D eigenvalue weighted by atomic mass is 32.2. The van der Waals surface area contributed by atoms with Crippen LogP contribution in [0, 0.1) is 0 Å². The Hall–Kier alpha value is -2.02. The lowest BCUT2D eigenvalue weighted by Gasteiger charge is -2.04. The molecule has 0 unspecified atom stereocenters. The summed E-state index contributed by atoms with van der Waals surface area (Å²) in [7, 11) is 0. The van der Waals surface area contributed by atoms with E-state index in [0.29, 0.717) is 16.2 Å². The van der Waals surface area contributed by atoms with Gasteiger partial charge in [-0.05, 0) is 12.1 Å². The molecule has 1 aromatic heterocycles. The van der Waals surface area contributed by atoms with Crippen LogP contribution in [0.1, 0.15) is 0 Å². The number of hydrogen-bond acceptors (Lipinski definition) is 4. The average Bonchev–Trinajstić information content (AvgIpc) is 2.64. The van der Waals surface area contributed by atoms with Gasteiger partial charge in [0, 0.05) is 0 Å². The minimum Gasteiger partial charge on any atom is -0.481 e. The van der Waals surface area contributed by atoms with Gasteiger partial charge in [-0.25, -0.2) is 4.98 Å². The van der Waals surface area contributed by atoms with Gasteiger partial charge in [-0.2, -0.15) is 0 Å². The second kappa shape index (κ2) is 5.09. The SMILES string of the molecule is O=C(O)CSc1nc2ccccc2n1CC(=O)O. The molecule has 0 radical (unpaired) electrons. The highest BCUT2D eigenvalue weighted by molar-refractivity contribution is 7.99. The van der Waals surface area contributed by atoms with Gasteiger partial charge in [0.1, 0.15) is 6.54 Å². The van der Waals surface area contributed by atoms with Gasteiger partial charge in [0.05, 0.1) is 16.8 Å². The topological polar surface area (TPSA) is 92.4 Å². The summed E-state index contributed by atoms with van der Waals surface area (Å²) >= 11 is 1.01. The van der Waals surface area contributed by atoms with Crippen LogP contribution in [-0.2, 0) is 16.1 Å². The molecular weight excluding hydrogens is 256 g/mol. The van der Waals surface area contributed by atoms with E-state index in [4.69, 9.17) is 10.2 Å². The molecule has 0 spiro atoms. The van der Waals surface area contributed by atoms with E-state index in [2.05, 4.69) is 4.98 Å². The maximum absolute atomic E-state index is 10.8. The predicted molar refractivity (Wildman–Crippen MR) is 65.7 cm³/mol. The van der Waals surface area contributed by atoms with Crippen LogP contribution < -0.4 is 0 Å². The van der Waals surface area contributed by atoms with Crippen LogP contribution in [0.3, 0.4) is 0 Å². The third-order valence-electron chi connectivity index (χ3n) is 2.24. The first kappa shape index (κ1) is 12.4. The van der Waals surface area contributed by atoms with E-state index in [1.54, 1.807) is 24.3 Å². The van der Waals surface area contributed by atoms with E-state index >= 15 is 0 Å². The molecule has 0 atom stereocenters. The fourth-order valence-corrected chi connectivity index (χ4v) is 2.31. The molecule has 18 heavy (non-hydrogen) atoms.